The summed E-state index contributed by atoms with van der Waals surface area (Å²) in [5.74, 6) is 0.687. The minimum atomic E-state index is -0.0163. The molecule has 0 bridgehead atoms. The summed E-state index contributed by atoms with van der Waals surface area (Å²) in [5.41, 5.74) is 11.5. The quantitative estimate of drug-likeness (QED) is 0.145. The molecule has 0 saturated heterocycles. The highest BCUT2D eigenvalue weighted by Crippen LogP contribution is 2.49. The van der Waals surface area contributed by atoms with Gasteiger partial charge in [0.15, 0.2) is 0 Å². The first-order valence-electron chi connectivity index (χ1n) is 21.2. The lowest BCUT2D eigenvalue weighted by Crippen LogP contribution is -2.30. The van der Waals surface area contributed by atoms with Crippen LogP contribution in [0.1, 0.15) is 86.8 Å². The van der Waals surface area contributed by atoms with Gasteiger partial charge in [0.2, 0.25) is 0 Å². The van der Waals surface area contributed by atoms with E-state index in [1.165, 1.54) is 135 Å². The minimum absolute atomic E-state index is 0.0163. The van der Waals surface area contributed by atoms with E-state index in [1.807, 2.05) is 11.3 Å². The molecule has 2 aliphatic carbocycles. The molecule has 282 valence electrons. The van der Waals surface area contributed by atoms with Gasteiger partial charge in [-0.15, -0.1) is 11.3 Å². The zero-order valence-electron chi connectivity index (χ0n) is 32.7. The average Bonchev–Trinajstić information content (AvgIpc) is 3.68. The number of thiophene rings is 1. The molecule has 7 aromatic carbocycles. The molecule has 1 aromatic heterocycles. The number of hydrogen-bond donors (Lipinski definition) is 0. The van der Waals surface area contributed by atoms with Gasteiger partial charge in [-0.1, -0.05) is 142 Å². The van der Waals surface area contributed by atoms with E-state index in [2.05, 4.69) is 186 Å². The van der Waals surface area contributed by atoms with Gasteiger partial charge >= 0.3 is 0 Å². The third kappa shape index (κ3) is 6.83. The molecule has 0 amide bonds. The van der Waals surface area contributed by atoms with Crippen molar-refractivity contribution in [1.29, 1.82) is 0 Å². The Hall–Kier alpha value is -5.64. The summed E-state index contributed by atoms with van der Waals surface area (Å²) < 4.78 is 2.67. The van der Waals surface area contributed by atoms with Crippen molar-refractivity contribution in [3.63, 3.8) is 0 Å². The van der Waals surface area contributed by atoms with Gasteiger partial charge in [0.05, 0.1) is 10.4 Å². The van der Waals surface area contributed by atoms with Crippen LogP contribution in [-0.4, -0.2) is 0 Å². The van der Waals surface area contributed by atoms with Gasteiger partial charge in [-0.2, -0.15) is 0 Å². The van der Waals surface area contributed by atoms with E-state index < -0.39 is 0 Å². The predicted octanol–water partition coefficient (Wildman–Crippen LogP) is 16.3. The highest BCUT2D eigenvalue weighted by molar-refractivity contribution is 7.26. The summed E-state index contributed by atoms with van der Waals surface area (Å²) in [7, 11) is 0. The summed E-state index contributed by atoms with van der Waals surface area (Å²) in [4.78, 5) is 4.87. The number of nitrogens with zero attached hydrogens (tertiary/aromatic N) is 2. The van der Waals surface area contributed by atoms with Crippen molar-refractivity contribution in [2.24, 2.45) is 0 Å². The van der Waals surface area contributed by atoms with Crippen LogP contribution >= 0.6 is 11.3 Å². The number of rotatable bonds is 9. The summed E-state index contributed by atoms with van der Waals surface area (Å²) in [6, 6.07) is 65.9. The fraction of sp³-hybridized carbons (Fsp3) is 0.222. The highest BCUT2D eigenvalue weighted by atomic mass is 32.1. The number of para-hydroxylation sites is 2. The van der Waals surface area contributed by atoms with Crippen molar-refractivity contribution in [2.75, 3.05) is 9.80 Å². The molecule has 10 rings (SSSR count). The predicted molar refractivity (Wildman–Crippen MR) is 245 cm³/mol. The molecule has 8 aromatic rings. The lowest BCUT2D eigenvalue weighted by atomic mass is 9.65. The molecular formula is C54H50N2S. The monoisotopic (exact) mass is 758 g/mol. The summed E-state index contributed by atoms with van der Waals surface area (Å²) in [6.45, 7) is 0. The summed E-state index contributed by atoms with van der Waals surface area (Å²) in [5, 5.41) is 2.67. The molecule has 1 heterocycles. The van der Waals surface area contributed by atoms with Gasteiger partial charge in [0, 0.05) is 49.3 Å². The molecule has 0 N–H and O–H groups in total. The van der Waals surface area contributed by atoms with Crippen molar-refractivity contribution in [2.45, 2.75) is 75.5 Å². The molecule has 0 aliphatic heterocycles. The van der Waals surface area contributed by atoms with E-state index in [0.717, 1.165) is 0 Å². The SMILES string of the molecule is c1ccc(N(c2ccccc2)c2ccc(C3(c4ccc(N(c5ccc(C6CCCCC6)cc5)c5cccc6c5sc5ccccc56)cc4)CCCCC3)cc2)cc1. The van der Waals surface area contributed by atoms with Crippen LogP contribution in [0.3, 0.4) is 0 Å². The zero-order valence-corrected chi connectivity index (χ0v) is 33.5. The standard InChI is InChI=1S/C54H50N2S/c1-5-16-40(17-6-1)41-26-32-47(33-27-41)56(51-24-15-23-50-49-22-11-12-25-52(49)57-53(50)51)48-36-30-43(31-37-48)54(38-13-4-14-39-54)42-28-34-46(35-29-42)55(44-18-7-2-8-19-44)45-20-9-3-10-21-45/h2-3,7-12,15,18-37,40H,1,4-6,13-14,16-17,38-39H2. The van der Waals surface area contributed by atoms with Crippen LogP contribution in [0.15, 0.2) is 176 Å². The Morgan fingerprint density at radius 1 is 0.404 bits per heavy atom. The van der Waals surface area contributed by atoms with Crippen molar-refractivity contribution in [3.05, 3.63) is 193 Å². The van der Waals surface area contributed by atoms with E-state index in [1.54, 1.807) is 0 Å². The molecule has 2 saturated carbocycles. The van der Waals surface area contributed by atoms with Crippen LogP contribution in [0.5, 0.6) is 0 Å². The first-order valence-corrected chi connectivity index (χ1v) is 22.0. The van der Waals surface area contributed by atoms with Crippen molar-refractivity contribution in [1.82, 2.24) is 0 Å². The maximum Gasteiger partial charge on any atom is 0.0640 e. The lowest BCUT2D eigenvalue weighted by Gasteiger charge is -2.39. The molecule has 2 nitrogen and oxygen atoms in total. The Kier molecular flexibility index (Phi) is 9.86. The average molecular weight is 759 g/mol. The van der Waals surface area contributed by atoms with Gasteiger partial charge in [-0.25, -0.2) is 0 Å². The van der Waals surface area contributed by atoms with Crippen LogP contribution in [0, 0.1) is 0 Å². The minimum Gasteiger partial charge on any atom is -0.311 e. The molecule has 0 spiro atoms. The van der Waals surface area contributed by atoms with Crippen molar-refractivity contribution in [3.8, 4) is 0 Å². The summed E-state index contributed by atoms with van der Waals surface area (Å²) in [6.07, 6.45) is 12.8. The first-order chi connectivity index (χ1) is 28.2. The van der Waals surface area contributed by atoms with E-state index in [-0.39, 0.29) is 5.41 Å². The fourth-order valence-electron chi connectivity index (χ4n) is 10.0. The molecule has 57 heavy (non-hydrogen) atoms. The Bertz CT molecular complexity index is 2520. The van der Waals surface area contributed by atoms with Gasteiger partial charge in [0.25, 0.3) is 0 Å². The number of benzene rings is 7. The van der Waals surface area contributed by atoms with Crippen LogP contribution in [-0.2, 0) is 5.41 Å². The van der Waals surface area contributed by atoms with E-state index >= 15 is 0 Å². The number of fused-ring (bicyclic) bond motifs is 3. The maximum absolute atomic E-state index is 2.51. The van der Waals surface area contributed by atoms with Crippen LogP contribution in [0.25, 0.3) is 20.2 Å². The zero-order chi connectivity index (χ0) is 38.0. The van der Waals surface area contributed by atoms with Crippen molar-refractivity contribution >= 4 is 65.6 Å². The molecule has 0 radical (unpaired) electrons. The second-order valence-corrected chi connectivity index (χ2v) is 17.3. The third-order valence-corrected chi connectivity index (χ3v) is 14.2. The lowest BCUT2D eigenvalue weighted by molar-refractivity contribution is 0.346. The second kappa shape index (κ2) is 15.7. The normalized spacial score (nSPS) is 15.8. The number of anilines is 6. The van der Waals surface area contributed by atoms with Gasteiger partial charge in [-0.3, -0.25) is 0 Å². The maximum atomic E-state index is 2.51. The molecule has 2 aliphatic rings. The van der Waals surface area contributed by atoms with Gasteiger partial charge < -0.3 is 9.80 Å². The highest BCUT2D eigenvalue weighted by Gasteiger charge is 2.36. The van der Waals surface area contributed by atoms with Gasteiger partial charge in [0.1, 0.15) is 0 Å². The van der Waals surface area contributed by atoms with E-state index in [4.69, 9.17) is 0 Å². The smallest absolute Gasteiger partial charge is 0.0640 e. The van der Waals surface area contributed by atoms with E-state index in [0.29, 0.717) is 5.92 Å². The molecule has 0 unspecified atom stereocenters. The summed E-state index contributed by atoms with van der Waals surface area (Å²) >= 11 is 1.91. The van der Waals surface area contributed by atoms with Crippen LogP contribution in [0.4, 0.5) is 34.1 Å². The second-order valence-electron chi connectivity index (χ2n) is 16.3. The molecule has 0 atom stereocenters. The van der Waals surface area contributed by atoms with Gasteiger partial charge in [-0.05, 0) is 121 Å². The van der Waals surface area contributed by atoms with E-state index in [9.17, 15) is 0 Å². The molecular weight excluding hydrogens is 709 g/mol. The topological polar surface area (TPSA) is 6.48 Å². The molecule has 3 heteroatoms. The Labute approximate surface area is 342 Å². The van der Waals surface area contributed by atoms with Crippen molar-refractivity contribution < 1.29 is 0 Å². The Balaban J connectivity index is 1.04. The molecule has 2 fully saturated rings. The Morgan fingerprint density at radius 2 is 0.895 bits per heavy atom. The third-order valence-electron chi connectivity index (χ3n) is 12.9. The fourth-order valence-corrected chi connectivity index (χ4v) is 11.2. The first kappa shape index (κ1) is 35.8. The Morgan fingerprint density at radius 3 is 1.51 bits per heavy atom. The van der Waals surface area contributed by atoms with Crippen LogP contribution < -0.4 is 9.80 Å². The number of hydrogen-bond acceptors (Lipinski definition) is 3. The van der Waals surface area contributed by atoms with Crippen LogP contribution in [0.2, 0.25) is 0 Å². The largest absolute Gasteiger partial charge is 0.311 e.